The van der Waals surface area contributed by atoms with Gasteiger partial charge in [0.05, 0.1) is 12.7 Å². The number of anilines is 1. The summed E-state index contributed by atoms with van der Waals surface area (Å²) in [6.45, 7) is 0. The molecule has 0 aliphatic heterocycles. The molecule has 0 atom stereocenters. The van der Waals surface area contributed by atoms with Crippen molar-refractivity contribution in [1.29, 1.82) is 0 Å². The second-order valence-corrected chi connectivity index (χ2v) is 7.06. The molecule has 0 radical (unpaired) electrons. The molecule has 2 aromatic carbocycles. The van der Waals surface area contributed by atoms with Crippen LogP contribution in [0.5, 0.6) is 5.75 Å². The summed E-state index contributed by atoms with van der Waals surface area (Å²) >= 11 is 0. The maximum atomic E-state index is 12.4. The third-order valence-corrected chi connectivity index (χ3v) is 4.61. The monoisotopic (exact) mass is 384 g/mol. The van der Waals surface area contributed by atoms with Crippen LogP contribution < -0.4 is 15.2 Å². The minimum absolute atomic E-state index is 0.0889. The highest BCUT2D eigenvalue weighted by atomic mass is 32.2. The number of benzene rings is 2. The van der Waals surface area contributed by atoms with Gasteiger partial charge in [-0.2, -0.15) is 0 Å². The van der Waals surface area contributed by atoms with E-state index in [0.717, 1.165) is 5.56 Å². The van der Waals surface area contributed by atoms with E-state index >= 15 is 0 Å². The molecule has 138 valence electrons. The topological polar surface area (TPSA) is 124 Å². The first kappa shape index (κ1) is 18.5. The lowest BCUT2D eigenvalue weighted by atomic mass is 10.2. The molecule has 8 nitrogen and oxygen atoms in total. The van der Waals surface area contributed by atoms with Crippen molar-refractivity contribution < 1.29 is 17.9 Å². The first-order valence-corrected chi connectivity index (χ1v) is 9.33. The fourth-order valence-electron chi connectivity index (χ4n) is 2.36. The molecule has 0 saturated heterocycles. The molecule has 1 aromatic heterocycles. The zero-order valence-electron chi connectivity index (χ0n) is 14.3. The van der Waals surface area contributed by atoms with Crippen molar-refractivity contribution in [3.8, 4) is 17.1 Å². The van der Waals surface area contributed by atoms with Crippen molar-refractivity contribution in [3.63, 3.8) is 0 Å². The van der Waals surface area contributed by atoms with Crippen LogP contribution in [0.1, 0.15) is 10.4 Å². The highest BCUT2D eigenvalue weighted by Gasteiger charge is 2.17. The van der Waals surface area contributed by atoms with Crippen LogP contribution in [-0.4, -0.2) is 31.4 Å². The largest absolute Gasteiger partial charge is 0.495 e. The van der Waals surface area contributed by atoms with Crippen LogP contribution in [-0.2, 0) is 10.0 Å². The average Bonchev–Trinajstić information content (AvgIpc) is 2.68. The van der Waals surface area contributed by atoms with Gasteiger partial charge in [0.15, 0.2) is 5.82 Å². The Morgan fingerprint density at radius 2 is 1.74 bits per heavy atom. The van der Waals surface area contributed by atoms with Gasteiger partial charge in [0.2, 0.25) is 10.0 Å². The fraction of sp³-hybridized carbons (Fsp3) is 0.0556. The van der Waals surface area contributed by atoms with Crippen LogP contribution in [0.2, 0.25) is 0 Å². The highest BCUT2D eigenvalue weighted by molar-refractivity contribution is 7.89. The Kier molecular flexibility index (Phi) is 5.15. The molecule has 0 aliphatic rings. The molecular formula is C18H16N4O4S. The summed E-state index contributed by atoms with van der Waals surface area (Å²) in [7, 11) is -2.68. The Hall–Kier alpha value is -3.30. The Morgan fingerprint density at radius 3 is 2.33 bits per heavy atom. The van der Waals surface area contributed by atoms with Gasteiger partial charge in [-0.3, -0.25) is 4.79 Å². The van der Waals surface area contributed by atoms with E-state index in [1.165, 1.54) is 37.7 Å². The predicted molar refractivity (Wildman–Crippen MR) is 99.8 cm³/mol. The summed E-state index contributed by atoms with van der Waals surface area (Å²) < 4.78 is 28.3. The smallest absolute Gasteiger partial charge is 0.258 e. The molecule has 3 aromatic rings. The number of amides is 1. The number of rotatable bonds is 5. The van der Waals surface area contributed by atoms with Gasteiger partial charge in [0, 0.05) is 23.6 Å². The van der Waals surface area contributed by atoms with Crippen molar-refractivity contribution >= 4 is 21.6 Å². The molecule has 27 heavy (non-hydrogen) atoms. The first-order chi connectivity index (χ1) is 12.9. The molecule has 0 spiro atoms. The van der Waals surface area contributed by atoms with Gasteiger partial charge in [-0.05, 0) is 18.2 Å². The summed E-state index contributed by atoms with van der Waals surface area (Å²) in [5.41, 5.74) is 1.30. The van der Waals surface area contributed by atoms with Crippen LogP contribution in [0.3, 0.4) is 0 Å². The number of ether oxygens (including phenoxy) is 1. The van der Waals surface area contributed by atoms with Crippen molar-refractivity contribution in [3.05, 3.63) is 66.5 Å². The Labute approximate surface area is 156 Å². The predicted octanol–water partition coefficient (Wildman–Crippen LogP) is 2.05. The lowest BCUT2D eigenvalue weighted by Gasteiger charge is -2.10. The zero-order valence-corrected chi connectivity index (χ0v) is 15.1. The van der Waals surface area contributed by atoms with Gasteiger partial charge in [-0.15, -0.1) is 0 Å². The van der Waals surface area contributed by atoms with Crippen LogP contribution >= 0.6 is 0 Å². The molecule has 3 rings (SSSR count). The number of hydrogen-bond donors (Lipinski definition) is 2. The number of aromatic nitrogens is 2. The third-order valence-electron chi connectivity index (χ3n) is 3.67. The SMILES string of the molecule is COc1ccc(NC(=O)c2cnc(-c3ccccc3)nc2)cc1S(N)(=O)=O. The molecule has 0 fully saturated rings. The van der Waals surface area contributed by atoms with Gasteiger partial charge in [0.25, 0.3) is 5.91 Å². The Balaban J connectivity index is 1.81. The van der Waals surface area contributed by atoms with E-state index in [9.17, 15) is 13.2 Å². The van der Waals surface area contributed by atoms with E-state index in [0.29, 0.717) is 5.82 Å². The molecule has 0 bridgehead atoms. The minimum atomic E-state index is -4.01. The van der Waals surface area contributed by atoms with Gasteiger partial charge in [-0.1, -0.05) is 30.3 Å². The molecule has 3 N–H and O–H groups in total. The molecule has 0 aliphatic carbocycles. The molecule has 1 amide bonds. The first-order valence-electron chi connectivity index (χ1n) is 7.78. The van der Waals surface area contributed by atoms with Gasteiger partial charge in [-0.25, -0.2) is 23.5 Å². The van der Waals surface area contributed by atoms with Crippen molar-refractivity contribution in [2.75, 3.05) is 12.4 Å². The number of nitrogens with zero attached hydrogens (tertiary/aromatic N) is 2. The van der Waals surface area contributed by atoms with Crippen molar-refractivity contribution in [1.82, 2.24) is 9.97 Å². The maximum absolute atomic E-state index is 12.4. The normalized spacial score (nSPS) is 11.0. The molecule has 9 heteroatoms. The Bertz CT molecular complexity index is 1070. The van der Waals surface area contributed by atoms with E-state index in [4.69, 9.17) is 9.88 Å². The molecule has 1 heterocycles. The standard InChI is InChI=1S/C18H16N4O4S/c1-26-15-8-7-14(9-16(15)27(19,24)25)22-18(23)13-10-20-17(21-11-13)12-5-3-2-4-6-12/h2-11H,1H3,(H,22,23)(H2,19,24,25). The van der Waals surface area contributed by atoms with E-state index < -0.39 is 15.9 Å². The number of nitrogens with one attached hydrogen (secondary N) is 1. The van der Waals surface area contributed by atoms with Crippen LogP contribution in [0, 0.1) is 0 Å². The number of methoxy groups -OCH3 is 1. The quantitative estimate of drug-likeness (QED) is 0.694. The minimum Gasteiger partial charge on any atom is -0.495 e. The van der Waals surface area contributed by atoms with Gasteiger partial charge < -0.3 is 10.1 Å². The molecule has 0 saturated carbocycles. The van der Waals surface area contributed by atoms with Crippen molar-refractivity contribution in [2.45, 2.75) is 4.90 Å². The van der Waals surface area contributed by atoms with Crippen molar-refractivity contribution in [2.24, 2.45) is 5.14 Å². The Morgan fingerprint density at radius 1 is 1.07 bits per heavy atom. The number of sulfonamides is 1. The van der Waals surface area contributed by atoms with E-state index in [1.807, 2.05) is 30.3 Å². The molecule has 0 unspecified atom stereocenters. The summed E-state index contributed by atoms with van der Waals surface area (Å²) in [5, 5.41) is 7.76. The number of primary sulfonamides is 1. The third kappa shape index (κ3) is 4.27. The van der Waals surface area contributed by atoms with Gasteiger partial charge in [0.1, 0.15) is 10.6 Å². The summed E-state index contributed by atoms with van der Waals surface area (Å²) in [6.07, 6.45) is 2.80. The summed E-state index contributed by atoms with van der Waals surface area (Å²) in [6, 6.07) is 13.5. The second-order valence-electron chi connectivity index (χ2n) is 5.53. The lowest BCUT2D eigenvalue weighted by molar-refractivity contribution is 0.102. The van der Waals surface area contributed by atoms with E-state index in [1.54, 1.807) is 0 Å². The lowest BCUT2D eigenvalue weighted by Crippen LogP contribution is -2.16. The van der Waals surface area contributed by atoms with E-state index in [-0.39, 0.29) is 21.9 Å². The van der Waals surface area contributed by atoms with Crippen LogP contribution in [0.4, 0.5) is 5.69 Å². The van der Waals surface area contributed by atoms with Crippen LogP contribution in [0.25, 0.3) is 11.4 Å². The number of nitrogens with two attached hydrogens (primary N) is 1. The maximum Gasteiger partial charge on any atom is 0.258 e. The summed E-state index contributed by atoms with van der Waals surface area (Å²) in [5.74, 6) is 0.0966. The highest BCUT2D eigenvalue weighted by Crippen LogP contribution is 2.26. The molecular weight excluding hydrogens is 368 g/mol. The summed E-state index contributed by atoms with van der Waals surface area (Å²) in [4.78, 5) is 20.5. The van der Waals surface area contributed by atoms with Gasteiger partial charge >= 0.3 is 0 Å². The number of carbonyl (C=O) groups excluding carboxylic acids is 1. The zero-order chi connectivity index (χ0) is 19.4. The fourth-order valence-corrected chi connectivity index (χ4v) is 3.08. The number of carbonyl (C=O) groups is 1. The average molecular weight is 384 g/mol. The number of hydrogen-bond acceptors (Lipinski definition) is 6. The van der Waals surface area contributed by atoms with E-state index in [2.05, 4.69) is 15.3 Å². The second kappa shape index (κ2) is 7.52. The van der Waals surface area contributed by atoms with Crippen LogP contribution in [0.15, 0.2) is 65.8 Å².